The van der Waals surface area contributed by atoms with Crippen molar-refractivity contribution in [3.63, 3.8) is 0 Å². The maximum Gasteiger partial charge on any atom is 0.251 e. The third-order valence-corrected chi connectivity index (χ3v) is 2.25. The Balaban J connectivity index is 3.08. The van der Waals surface area contributed by atoms with E-state index in [4.69, 9.17) is 0 Å². The van der Waals surface area contributed by atoms with Crippen LogP contribution in [0.4, 0.5) is 5.69 Å². The van der Waals surface area contributed by atoms with Crippen LogP contribution < -0.4 is 10.6 Å². The Morgan fingerprint density at radius 1 is 1.38 bits per heavy atom. The molecule has 1 aromatic rings. The van der Waals surface area contributed by atoms with Crippen LogP contribution in [0.5, 0.6) is 0 Å². The van der Waals surface area contributed by atoms with Gasteiger partial charge in [0.1, 0.15) is 0 Å². The molecule has 4 nitrogen and oxygen atoms in total. The Morgan fingerprint density at radius 3 is 2.62 bits per heavy atom. The Morgan fingerprint density at radius 2 is 2.06 bits per heavy atom. The number of amides is 2. The molecule has 0 saturated heterocycles. The van der Waals surface area contributed by atoms with Crippen LogP contribution in [0, 0.1) is 6.92 Å². The van der Waals surface area contributed by atoms with Crippen molar-refractivity contribution in [2.75, 3.05) is 12.4 Å². The van der Waals surface area contributed by atoms with E-state index in [9.17, 15) is 9.59 Å². The van der Waals surface area contributed by atoms with Crippen LogP contribution in [0.15, 0.2) is 30.9 Å². The van der Waals surface area contributed by atoms with E-state index in [0.29, 0.717) is 11.3 Å². The number of carbonyl (C=O) groups is 2. The standard InChI is InChI=1S/C12H14N2O2/c1-4-11(15)14-10-7-5-6-9(8(10)2)12(16)13-3/h4-7H,1H2,2-3H3,(H,13,16)(H,14,15). The summed E-state index contributed by atoms with van der Waals surface area (Å²) in [5.41, 5.74) is 1.90. The van der Waals surface area contributed by atoms with Crippen molar-refractivity contribution in [2.24, 2.45) is 0 Å². The molecule has 0 aliphatic carbocycles. The molecule has 1 aromatic carbocycles. The van der Waals surface area contributed by atoms with Gasteiger partial charge in [-0.3, -0.25) is 9.59 Å². The number of anilines is 1. The first-order valence-corrected chi connectivity index (χ1v) is 4.85. The molecule has 0 radical (unpaired) electrons. The number of benzene rings is 1. The normalized spacial score (nSPS) is 9.38. The van der Waals surface area contributed by atoms with E-state index in [-0.39, 0.29) is 11.8 Å². The summed E-state index contributed by atoms with van der Waals surface area (Å²) in [6.07, 6.45) is 1.19. The van der Waals surface area contributed by atoms with Gasteiger partial charge in [0, 0.05) is 18.3 Å². The zero-order valence-electron chi connectivity index (χ0n) is 9.33. The maximum absolute atomic E-state index is 11.5. The average molecular weight is 218 g/mol. The molecule has 0 aliphatic heterocycles. The number of nitrogens with one attached hydrogen (secondary N) is 2. The van der Waals surface area contributed by atoms with Crippen molar-refractivity contribution in [3.8, 4) is 0 Å². The summed E-state index contributed by atoms with van der Waals surface area (Å²) in [6.45, 7) is 5.15. The predicted octanol–water partition coefficient (Wildman–Crippen LogP) is 1.48. The smallest absolute Gasteiger partial charge is 0.251 e. The van der Waals surface area contributed by atoms with Crippen molar-refractivity contribution in [1.82, 2.24) is 5.32 Å². The predicted molar refractivity (Wildman–Crippen MR) is 63.4 cm³/mol. The quantitative estimate of drug-likeness (QED) is 0.755. The van der Waals surface area contributed by atoms with Crippen LogP contribution in [0.2, 0.25) is 0 Å². The minimum atomic E-state index is -0.294. The second-order valence-corrected chi connectivity index (χ2v) is 3.25. The summed E-state index contributed by atoms with van der Waals surface area (Å²) in [5, 5.41) is 5.19. The van der Waals surface area contributed by atoms with Gasteiger partial charge in [-0.1, -0.05) is 12.6 Å². The van der Waals surface area contributed by atoms with Gasteiger partial charge in [-0.25, -0.2) is 0 Å². The molecule has 0 fully saturated rings. The maximum atomic E-state index is 11.5. The molecule has 0 aromatic heterocycles. The molecule has 16 heavy (non-hydrogen) atoms. The average Bonchev–Trinajstić information content (AvgIpc) is 2.30. The van der Waals surface area contributed by atoms with E-state index in [1.165, 1.54) is 6.08 Å². The molecule has 2 N–H and O–H groups in total. The van der Waals surface area contributed by atoms with Crippen molar-refractivity contribution >= 4 is 17.5 Å². The zero-order valence-corrected chi connectivity index (χ0v) is 9.33. The molecular weight excluding hydrogens is 204 g/mol. The van der Waals surface area contributed by atoms with E-state index in [2.05, 4.69) is 17.2 Å². The fourth-order valence-electron chi connectivity index (χ4n) is 1.34. The second kappa shape index (κ2) is 5.11. The molecule has 0 bridgehead atoms. The van der Waals surface area contributed by atoms with Crippen LogP contribution in [0.3, 0.4) is 0 Å². The lowest BCUT2D eigenvalue weighted by Gasteiger charge is -2.10. The summed E-state index contributed by atoms with van der Waals surface area (Å²) < 4.78 is 0. The molecule has 2 amide bonds. The van der Waals surface area contributed by atoms with Crippen LogP contribution in [0.25, 0.3) is 0 Å². The van der Waals surface area contributed by atoms with Crippen LogP contribution in [0.1, 0.15) is 15.9 Å². The topological polar surface area (TPSA) is 58.2 Å². The van der Waals surface area contributed by atoms with Crippen LogP contribution in [-0.2, 0) is 4.79 Å². The van der Waals surface area contributed by atoms with Gasteiger partial charge in [0.25, 0.3) is 5.91 Å². The number of carbonyl (C=O) groups excluding carboxylic acids is 2. The highest BCUT2D eigenvalue weighted by molar-refractivity contribution is 6.02. The highest BCUT2D eigenvalue weighted by Gasteiger charge is 2.10. The van der Waals surface area contributed by atoms with Gasteiger partial charge in [-0.15, -0.1) is 0 Å². The van der Waals surface area contributed by atoms with Gasteiger partial charge < -0.3 is 10.6 Å². The Kier molecular flexibility index (Phi) is 3.83. The summed E-state index contributed by atoms with van der Waals surface area (Å²) >= 11 is 0. The zero-order chi connectivity index (χ0) is 12.1. The van der Waals surface area contributed by atoms with Gasteiger partial charge in [-0.05, 0) is 30.7 Å². The molecule has 0 saturated carbocycles. The van der Waals surface area contributed by atoms with Gasteiger partial charge in [0.15, 0.2) is 0 Å². The van der Waals surface area contributed by atoms with Gasteiger partial charge in [-0.2, -0.15) is 0 Å². The summed E-state index contributed by atoms with van der Waals surface area (Å²) in [4.78, 5) is 22.7. The first-order chi connectivity index (χ1) is 7.60. The van der Waals surface area contributed by atoms with Crippen molar-refractivity contribution in [1.29, 1.82) is 0 Å². The molecule has 4 heteroatoms. The molecule has 1 rings (SSSR count). The minimum Gasteiger partial charge on any atom is -0.355 e. The first-order valence-electron chi connectivity index (χ1n) is 4.85. The largest absolute Gasteiger partial charge is 0.355 e. The molecule has 0 unspecified atom stereocenters. The van der Waals surface area contributed by atoms with E-state index >= 15 is 0 Å². The summed E-state index contributed by atoms with van der Waals surface area (Å²) in [5.74, 6) is -0.468. The lowest BCUT2D eigenvalue weighted by molar-refractivity contribution is -0.111. The molecule has 0 heterocycles. The second-order valence-electron chi connectivity index (χ2n) is 3.25. The minimum absolute atomic E-state index is 0.174. The highest BCUT2D eigenvalue weighted by atomic mass is 16.2. The Labute approximate surface area is 94.4 Å². The molecule has 0 spiro atoms. The number of hydrogen-bond donors (Lipinski definition) is 2. The van der Waals surface area contributed by atoms with Gasteiger partial charge >= 0.3 is 0 Å². The van der Waals surface area contributed by atoms with E-state index in [1.54, 1.807) is 32.2 Å². The molecule has 0 atom stereocenters. The fourth-order valence-corrected chi connectivity index (χ4v) is 1.34. The monoisotopic (exact) mass is 218 g/mol. The lowest BCUT2D eigenvalue weighted by Crippen LogP contribution is -2.20. The van der Waals surface area contributed by atoms with Crippen LogP contribution in [-0.4, -0.2) is 18.9 Å². The SMILES string of the molecule is C=CC(=O)Nc1cccc(C(=O)NC)c1C. The van der Waals surface area contributed by atoms with E-state index in [1.807, 2.05) is 0 Å². The highest BCUT2D eigenvalue weighted by Crippen LogP contribution is 2.18. The van der Waals surface area contributed by atoms with E-state index < -0.39 is 0 Å². The first kappa shape index (κ1) is 12.0. The molecule has 0 aliphatic rings. The molecule has 84 valence electrons. The lowest BCUT2D eigenvalue weighted by atomic mass is 10.1. The van der Waals surface area contributed by atoms with Crippen molar-refractivity contribution < 1.29 is 9.59 Å². The summed E-state index contributed by atoms with van der Waals surface area (Å²) in [7, 11) is 1.57. The van der Waals surface area contributed by atoms with Gasteiger partial charge in [0.05, 0.1) is 0 Å². The molecular formula is C12H14N2O2. The van der Waals surface area contributed by atoms with Crippen LogP contribution >= 0.6 is 0 Å². The number of hydrogen-bond acceptors (Lipinski definition) is 2. The Bertz CT molecular complexity index is 439. The third-order valence-electron chi connectivity index (χ3n) is 2.25. The third kappa shape index (κ3) is 2.48. The number of rotatable bonds is 3. The van der Waals surface area contributed by atoms with Gasteiger partial charge in [0.2, 0.25) is 5.91 Å². The summed E-state index contributed by atoms with van der Waals surface area (Å²) in [6, 6.07) is 5.16. The Hall–Kier alpha value is -2.10. The van der Waals surface area contributed by atoms with E-state index in [0.717, 1.165) is 5.56 Å². The van der Waals surface area contributed by atoms with Crippen molar-refractivity contribution in [3.05, 3.63) is 42.0 Å². The fraction of sp³-hybridized carbons (Fsp3) is 0.167. The van der Waals surface area contributed by atoms with Crippen molar-refractivity contribution in [2.45, 2.75) is 6.92 Å².